The van der Waals surface area contributed by atoms with Crippen molar-refractivity contribution in [2.75, 3.05) is 0 Å². The molecule has 0 unspecified atom stereocenters. The van der Waals surface area contributed by atoms with E-state index in [9.17, 15) is 9.59 Å². The van der Waals surface area contributed by atoms with Crippen LogP contribution in [0.5, 0.6) is 0 Å². The Labute approximate surface area is 181 Å². The second-order valence-corrected chi connectivity index (χ2v) is 7.53. The summed E-state index contributed by atoms with van der Waals surface area (Å²) in [6, 6.07) is 17.3. The molecule has 154 valence electrons. The van der Waals surface area contributed by atoms with E-state index >= 15 is 0 Å². The number of fused-ring (bicyclic) bond motifs is 1. The molecule has 0 fully saturated rings. The first-order valence-corrected chi connectivity index (χ1v) is 9.99. The molecular weight excluding hydrogens is 418 g/mol. The predicted molar refractivity (Wildman–Crippen MR) is 115 cm³/mol. The number of hydrazone groups is 1. The Morgan fingerprint density at radius 3 is 2.68 bits per heavy atom. The number of hydrogen-bond donors (Lipinski definition) is 0. The van der Waals surface area contributed by atoms with Gasteiger partial charge in [-0.25, -0.2) is 9.69 Å². The molecule has 2 aromatic heterocycles. The molecule has 0 N–H and O–H groups in total. The molecule has 0 saturated heterocycles. The van der Waals surface area contributed by atoms with Gasteiger partial charge >= 0.3 is 0 Å². The average Bonchev–Trinajstić information content (AvgIpc) is 3.46. The number of furan rings is 1. The molecule has 4 aromatic rings. The van der Waals surface area contributed by atoms with Crippen LogP contribution in [-0.4, -0.2) is 31.6 Å². The molecule has 5 rings (SSSR count). The summed E-state index contributed by atoms with van der Waals surface area (Å²) in [5, 5.41) is 14.9. The van der Waals surface area contributed by atoms with Crippen LogP contribution in [0.3, 0.4) is 0 Å². The van der Waals surface area contributed by atoms with Crippen molar-refractivity contribution < 1.29 is 9.21 Å². The molecular formula is C22H16ClN5O3. The molecule has 8 nitrogen and oxygen atoms in total. The van der Waals surface area contributed by atoms with Gasteiger partial charge in [0.05, 0.1) is 17.4 Å². The highest BCUT2D eigenvalue weighted by Gasteiger charge is 2.35. The Hall–Kier alpha value is -3.78. The highest BCUT2D eigenvalue weighted by molar-refractivity contribution is 6.30. The number of hydrogen-bond acceptors (Lipinski definition) is 6. The van der Waals surface area contributed by atoms with Gasteiger partial charge in [-0.1, -0.05) is 41.1 Å². The lowest BCUT2D eigenvalue weighted by atomic mass is 10.0. The molecule has 0 saturated carbocycles. The number of benzene rings is 2. The highest BCUT2D eigenvalue weighted by atomic mass is 35.5. The number of carbonyl (C=O) groups excluding carboxylic acids is 1. The van der Waals surface area contributed by atoms with Crippen molar-refractivity contribution in [2.24, 2.45) is 5.10 Å². The third-order valence-electron chi connectivity index (χ3n) is 5.13. The number of rotatable bonds is 4. The van der Waals surface area contributed by atoms with Crippen LogP contribution in [0.25, 0.3) is 10.9 Å². The lowest BCUT2D eigenvalue weighted by Crippen LogP contribution is -2.35. The Bertz CT molecular complexity index is 1350. The zero-order valence-electron chi connectivity index (χ0n) is 16.2. The summed E-state index contributed by atoms with van der Waals surface area (Å²) < 4.78 is 6.60. The van der Waals surface area contributed by atoms with Crippen LogP contribution in [0.15, 0.2) is 81.2 Å². The minimum atomic E-state index is -0.419. The average molecular weight is 434 g/mol. The third-order valence-corrected chi connectivity index (χ3v) is 5.38. The monoisotopic (exact) mass is 433 g/mol. The zero-order valence-corrected chi connectivity index (χ0v) is 16.9. The summed E-state index contributed by atoms with van der Waals surface area (Å²) >= 11 is 5.99. The minimum absolute atomic E-state index is 0.286. The maximum Gasteiger partial charge on any atom is 0.278 e. The molecule has 31 heavy (non-hydrogen) atoms. The van der Waals surface area contributed by atoms with E-state index in [1.54, 1.807) is 54.8 Å². The van der Waals surface area contributed by atoms with Gasteiger partial charge in [-0.15, -0.1) is 5.10 Å². The second kappa shape index (κ2) is 7.81. The summed E-state index contributed by atoms with van der Waals surface area (Å²) in [7, 11) is 0. The van der Waals surface area contributed by atoms with Gasteiger partial charge in [0, 0.05) is 11.4 Å². The van der Waals surface area contributed by atoms with Gasteiger partial charge in [0.1, 0.15) is 23.9 Å². The topological polar surface area (TPSA) is 93.6 Å². The molecule has 1 aliphatic rings. The summed E-state index contributed by atoms with van der Waals surface area (Å²) in [5.74, 6) is 0.218. The summed E-state index contributed by atoms with van der Waals surface area (Å²) in [5.41, 5.74) is 1.69. The Kier molecular flexibility index (Phi) is 4.83. The largest absolute Gasteiger partial charge is 0.467 e. The van der Waals surface area contributed by atoms with E-state index in [0.717, 1.165) is 16.0 Å². The molecule has 0 radical (unpaired) electrons. The standard InChI is InChI=1S/C22H16ClN5O3/c23-15-9-7-14(8-10-15)18-12-19(20-6-3-11-31-20)28(25-18)21(29)13-27-22(30)16-4-1-2-5-17(16)24-26-27/h1-11,19H,12-13H2/t19-/m1/s1. The van der Waals surface area contributed by atoms with Crippen molar-refractivity contribution in [1.29, 1.82) is 0 Å². The molecule has 0 aliphatic carbocycles. The van der Waals surface area contributed by atoms with Gasteiger partial charge < -0.3 is 4.42 Å². The number of amides is 1. The van der Waals surface area contributed by atoms with E-state index in [1.165, 1.54) is 5.01 Å². The van der Waals surface area contributed by atoms with Gasteiger partial charge in [0.2, 0.25) is 0 Å². The van der Waals surface area contributed by atoms with E-state index in [2.05, 4.69) is 15.4 Å². The van der Waals surface area contributed by atoms with Crippen LogP contribution in [0.2, 0.25) is 5.02 Å². The molecule has 1 atom stereocenters. The molecule has 0 bridgehead atoms. The van der Waals surface area contributed by atoms with Crippen LogP contribution in [-0.2, 0) is 11.3 Å². The fourth-order valence-corrected chi connectivity index (χ4v) is 3.71. The first kappa shape index (κ1) is 19.2. The normalized spacial score (nSPS) is 16.0. The molecule has 2 aromatic carbocycles. The van der Waals surface area contributed by atoms with Gasteiger partial charge in [0.25, 0.3) is 11.5 Å². The third kappa shape index (κ3) is 3.62. The second-order valence-electron chi connectivity index (χ2n) is 7.10. The van der Waals surface area contributed by atoms with E-state index in [0.29, 0.717) is 28.1 Å². The van der Waals surface area contributed by atoms with Crippen LogP contribution < -0.4 is 5.56 Å². The van der Waals surface area contributed by atoms with E-state index in [-0.39, 0.29) is 12.1 Å². The van der Waals surface area contributed by atoms with E-state index in [1.807, 2.05) is 12.1 Å². The zero-order chi connectivity index (χ0) is 21.4. The van der Waals surface area contributed by atoms with Crippen molar-refractivity contribution in [3.05, 3.63) is 93.6 Å². The minimum Gasteiger partial charge on any atom is -0.467 e. The smallest absolute Gasteiger partial charge is 0.278 e. The van der Waals surface area contributed by atoms with Gasteiger partial charge in [-0.3, -0.25) is 9.59 Å². The summed E-state index contributed by atoms with van der Waals surface area (Å²) in [6.45, 7) is -0.286. The van der Waals surface area contributed by atoms with Gasteiger partial charge in [-0.2, -0.15) is 5.10 Å². The van der Waals surface area contributed by atoms with Crippen molar-refractivity contribution >= 4 is 34.1 Å². The van der Waals surface area contributed by atoms with Crippen LogP contribution >= 0.6 is 11.6 Å². The van der Waals surface area contributed by atoms with E-state index < -0.39 is 11.9 Å². The Morgan fingerprint density at radius 1 is 1.10 bits per heavy atom. The molecule has 1 amide bonds. The van der Waals surface area contributed by atoms with Crippen molar-refractivity contribution in [1.82, 2.24) is 20.0 Å². The first-order valence-electron chi connectivity index (χ1n) is 9.61. The Morgan fingerprint density at radius 2 is 1.90 bits per heavy atom. The predicted octanol–water partition coefficient (Wildman–Crippen LogP) is 3.42. The molecule has 0 spiro atoms. The maximum atomic E-state index is 13.2. The van der Waals surface area contributed by atoms with Crippen molar-refractivity contribution in [3.8, 4) is 0 Å². The van der Waals surface area contributed by atoms with Crippen molar-refractivity contribution in [2.45, 2.75) is 19.0 Å². The molecule has 9 heteroatoms. The van der Waals surface area contributed by atoms with Crippen LogP contribution in [0, 0.1) is 0 Å². The lowest BCUT2D eigenvalue weighted by molar-refractivity contribution is -0.134. The number of carbonyl (C=O) groups is 1. The van der Waals surface area contributed by atoms with Crippen LogP contribution in [0.1, 0.15) is 23.8 Å². The lowest BCUT2D eigenvalue weighted by Gasteiger charge is -2.19. The molecule has 1 aliphatic heterocycles. The first-order chi connectivity index (χ1) is 15.1. The van der Waals surface area contributed by atoms with Crippen LogP contribution in [0.4, 0.5) is 0 Å². The number of nitrogens with zero attached hydrogens (tertiary/aromatic N) is 5. The molecule has 3 heterocycles. The fourth-order valence-electron chi connectivity index (χ4n) is 3.59. The summed E-state index contributed by atoms with van der Waals surface area (Å²) in [4.78, 5) is 25.9. The van der Waals surface area contributed by atoms with E-state index in [4.69, 9.17) is 16.0 Å². The fraction of sp³-hybridized carbons (Fsp3) is 0.136. The SMILES string of the molecule is O=C(Cn1nnc2ccccc2c1=O)N1N=C(c2ccc(Cl)cc2)C[C@@H]1c1ccco1. The van der Waals surface area contributed by atoms with Gasteiger partial charge in [0.15, 0.2) is 0 Å². The number of halogens is 1. The quantitative estimate of drug-likeness (QED) is 0.491. The maximum absolute atomic E-state index is 13.2. The Balaban J connectivity index is 1.48. The van der Waals surface area contributed by atoms with Gasteiger partial charge in [-0.05, 0) is 42.0 Å². The summed E-state index contributed by atoms with van der Waals surface area (Å²) in [6.07, 6.45) is 2.02. The highest BCUT2D eigenvalue weighted by Crippen LogP contribution is 2.33. The van der Waals surface area contributed by atoms with Crippen molar-refractivity contribution in [3.63, 3.8) is 0 Å². The number of aromatic nitrogens is 3.